The standard InChI is InChI=1S/C32H65NO4/c1-3-5-7-9-11-13-14-15-16-17-19-21-23-25-27-32(37,29-34)33-31(36)28-30(35)26-24-22-20-18-12-10-8-6-4-2/h30,34-35,37H,3-29H2,1-2H3,(H,33,36). The average Bonchev–Trinajstić information content (AvgIpc) is 2.87. The third kappa shape index (κ3) is 25.4. The van der Waals surface area contributed by atoms with E-state index in [0.29, 0.717) is 12.8 Å². The molecule has 0 fully saturated rings. The van der Waals surface area contributed by atoms with Gasteiger partial charge in [0.1, 0.15) is 0 Å². The van der Waals surface area contributed by atoms with E-state index in [4.69, 9.17) is 0 Å². The van der Waals surface area contributed by atoms with E-state index < -0.39 is 18.4 Å². The van der Waals surface area contributed by atoms with Gasteiger partial charge < -0.3 is 20.6 Å². The molecule has 2 unspecified atom stereocenters. The van der Waals surface area contributed by atoms with Crippen molar-refractivity contribution in [2.45, 2.75) is 193 Å². The molecule has 37 heavy (non-hydrogen) atoms. The van der Waals surface area contributed by atoms with Crippen LogP contribution in [0.2, 0.25) is 0 Å². The molecule has 5 heteroatoms. The molecule has 0 aromatic heterocycles. The summed E-state index contributed by atoms with van der Waals surface area (Å²) in [5, 5.41) is 33.0. The van der Waals surface area contributed by atoms with Crippen LogP contribution >= 0.6 is 0 Å². The number of hydrogen-bond acceptors (Lipinski definition) is 4. The van der Waals surface area contributed by atoms with Crippen LogP contribution < -0.4 is 5.32 Å². The second-order valence-corrected chi connectivity index (χ2v) is 11.6. The van der Waals surface area contributed by atoms with Gasteiger partial charge in [-0.3, -0.25) is 4.79 Å². The summed E-state index contributed by atoms with van der Waals surface area (Å²) in [4.78, 5) is 12.3. The van der Waals surface area contributed by atoms with Gasteiger partial charge in [0.05, 0.1) is 19.1 Å². The number of amides is 1. The Morgan fingerprint density at radius 1 is 0.622 bits per heavy atom. The summed E-state index contributed by atoms with van der Waals surface area (Å²) in [6, 6.07) is 0. The number of hydrogen-bond donors (Lipinski definition) is 4. The summed E-state index contributed by atoms with van der Waals surface area (Å²) in [5.41, 5.74) is -1.58. The summed E-state index contributed by atoms with van der Waals surface area (Å²) in [6.45, 7) is 4.00. The topological polar surface area (TPSA) is 89.8 Å². The normalized spacial score (nSPS) is 14.0. The first kappa shape index (κ1) is 36.4. The zero-order valence-corrected chi connectivity index (χ0v) is 24.9. The monoisotopic (exact) mass is 527 g/mol. The van der Waals surface area contributed by atoms with E-state index in [0.717, 1.165) is 32.1 Å². The molecule has 0 aliphatic carbocycles. The lowest BCUT2D eigenvalue weighted by Crippen LogP contribution is -2.51. The van der Waals surface area contributed by atoms with Gasteiger partial charge in [0.2, 0.25) is 5.91 Å². The SMILES string of the molecule is CCCCCCCCCCCCCCCCC(O)(CO)NC(=O)CC(O)CCCCCCCCCCC. The van der Waals surface area contributed by atoms with Crippen molar-refractivity contribution in [2.75, 3.05) is 6.61 Å². The van der Waals surface area contributed by atoms with Crippen LogP contribution in [-0.2, 0) is 4.79 Å². The molecular weight excluding hydrogens is 462 g/mol. The van der Waals surface area contributed by atoms with Crippen LogP contribution in [0.15, 0.2) is 0 Å². The Hall–Kier alpha value is -0.650. The molecule has 0 heterocycles. The molecule has 4 N–H and O–H groups in total. The molecular formula is C32H65NO4. The van der Waals surface area contributed by atoms with E-state index in [2.05, 4.69) is 19.2 Å². The molecule has 1 amide bonds. The Morgan fingerprint density at radius 2 is 0.973 bits per heavy atom. The van der Waals surface area contributed by atoms with Crippen LogP contribution in [0, 0.1) is 0 Å². The molecule has 5 nitrogen and oxygen atoms in total. The van der Waals surface area contributed by atoms with E-state index >= 15 is 0 Å². The molecule has 0 bridgehead atoms. The quantitative estimate of drug-likeness (QED) is 0.0581. The summed E-state index contributed by atoms with van der Waals surface area (Å²) in [7, 11) is 0. The fourth-order valence-corrected chi connectivity index (χ4v) is 5.11. The molecule has 0 aromatic rings. The number of rotatable bonds is 29. The van der Waals surface area contributed by atoms with Gasteiger partial charge in [-0.1, -0.05) is 155 Å². The molecule has 0 radical (unpaired) electrons. The zero-order chi connectivity index (χ0) is 27.5. The van der Waals surface area contributed by atoms with E-state index in [1.54, 1.807) is 0 Å². The van der Waals surface area contributed by atoms with Gasteiger partial charge in [-0.2, -0.15) is 0 Å². The Labute approximate surface area is 230 Å². The third-order valence-electron chi connectivity index (χ3n) is 7.64. The van der Waals surface area contributed by atoms with Crippen molar-refractivity contribution in [3.05, 3.63) is 0 Å². The lowest BCUT2D eigenvalue weighted by atomic mass is 10.0. The summed E-state index contributed by atoms with van der Waals surface area (Å²) < 4.78 is 0. The van der Waals surface area contributed by atoms with E-state index in [9.17, 15) is 20.1 Å². The fraction of sp³-hybridized carbons (Fsp3) is 0.969. The first-order chi connectivity index (χ1) is 18.0. The van der Waals surface area contributed by atoms with Crippen LogP contribution in [-0.4, -0.2) is 39.7 Å². The van der Waals surface area contributed by atoms with Crippen LogP contribution in [0.5, 0.6) is 0 Å². The maximum absolute atomic E-state index is 12.3. The van der Waals surface area contributed by atoms with Crippen molar-refractivity contribution in [3.8, 4) is 0 Å². The van der Waals surface area contributed by atoms with Crippen molar-refractivity contribution in [1.82, 2.24) is 5.32 Å². The minimum Gasteiger partial charge on any atom is -0.393 e. The van der Waals surface area contributed by atoms with E-state index in [1.165, 1.54) is 116 Å². The molecule has 0 aliphatic heterocycles. The molecule has 0 aliphatic rings. The Balaban J connectivity index is 3.71. The highest BCUT2D eigenvalue weighted by Crippen LogP contribution is 2.17. The van der Waals surface area contributed by atoms with Gasteiger partial charge >= 0.3 is 0 Å². The molecule has 222 valence electrons. The minimum absolute atomic E-state index is 0.0158. The minimum atomic E-state index is -1.58. The average molecular weight is 528 g/mol. The van der Waals surface area contributed by atoms with Gasteiger partial charge in [0.15, 0.2) is 5.72 Å². The van der Waals surface area contributed by atoms with E-state index in [-0.39, 0.29) is 12.3 Å². The third-order valence-corrected chi connectivity index (χ3v) is 7.64. The summed E-state index contributed by atoms with van der Waals surface area (Å²) in [5.74, 6) is -0.384. The highest BCUT2D eigenvalue weighted by molar-refractivity contribution is 5.77. The largest absolute Gasteiger partial charge is 0.393 e. The highest BCUT2D eigenvalue weighted by atomic mass is 16.3. The smallest absolute Gasteiger partial charge is 0.224 e. The lowest BCUT2D eigenvalue weighted by Gasteiger charge is -2.27. The van der Waals surface area contributed by atoms with Crippen molar-refractivity contribution in [2.24, 2.45) is 0 Å². The number of carbonyl (C=O) groups is 1. The molecule has 0 saturated carbocycles. The first-order valence-electron chi connectivity index (χ1n) is 16.3. The Kier molecular flexibility index (Phi) is 26.5. The predicted molar refractivity (Wildman–Crippen MR) is 158 cm³/mol. The summed E-state index contributed by atoms with van der Waals surface area (Å²) >= 11 is 0. The van der Waals surface area contributed by atoms with Crippen molar-refractivity contribution in [1.29, 1.82) is 0 Å². The predicted octanol–water partition coefficient (Wildman–Crippen LogP) is 8.33. The molecule has 0 spiro atoms. The van der Waals surface area contributed by atoms with Crippen LogP contribution in [0.3, 0.4) is 0 Å². The van der Waals surface area contributed by atoms with E-state index in [1.807, 2.05) is 0 Å². The maximum atomic E-state index is 12.3. The van der Waals surface area contributed by atoms with Crippen LogP contribution in [0.1, 0.15) is 181 Å². The fourth-order valence-electron chi connectivity index (χ4n) is 5.11. The van der Waals surface area contributed by atoms with Crippen molar-refractivity contribution in [3.63, 3.8) is 0 Å². The van der Waals surface area contributed by atoms with Gasteiger partial charge in [0, 0.05) is 0 Å². The molecule has 0 rings (SSSR count). The second-order valence-electron chi connectivity index (χ2n) is 11.6. The lowest BCUT2D eigenvalue weighted by molar-refractivity contribution is -0.134. The first-order valence-corrected chi connectivity index (χ1v) is 16.3. The van der Waals surface area contributed by atoms with Gasteiger partial charge in [-0.05, 0) is 19.3 Å². The van der Waals surface area contributed by atoms with Gasteiger partial charge in [-0.25, -0.2) is 0 Å². The maximum Gasteiger partial charge on any atom is 0.224 e. The van der Waals surface area contributed by atoms with Crippen molar-refractivity contribution < 1.29 is 20.1 Å². The zero-order valence-electron chi connectivity index (χ0n) is 24.9. The van der Waals surface area contributed by atoms with Gasteiger partial charge in [-0.15, -0.1) is 0 Å². The van der Waals surface area contributed by atoms with Crippen molar-refractivity contribution >= 4 is 5.91 Å². The van der Waals surface area contributed by atoms with Gasteiger partial charge in [0.25, 0.3) is 0 Å². The number of aliphatic hydroxyl groups is 3. The number of nitrogens with one attached hydrogen (secondary N) is 1. The number of unbranched alkanes of at least 4 members (excludes halogenated alkanes) is 21. The van der Waals surface area contributed by atoms with Crippen LogP contribution in [0.25, 0.3) is 0 Å². The Morgan fingerprint density at radius 3 is 1.35 bits per heavy atom. The highest BCUT2D eigenvalue weighted by Gasteiger charge is 2.28. The molecule has 0 aromatic carbocycles. The van der Waals surface area contributed by atoms with Crippen LogP contribution in [0.4, 0.5) is 0 Å². The second kappa shape index (κ2) is 26.9. The molecule has 2 atom stereocenters. The molecule has 0 saturated heterocycles. The number of aliphatic hydroxyl groups excluding tert-OH is 2. The Bertz CT molecular complexity index is 487. The number of carbonyl (C=O) groups excluding carboxylic acids is 1. The summed E-state index contributed by atoms with van der Waals surface area (Å²) in [6.07, 6.45) is 28.9.